The first-order valence-corrected chi connectivity index (χ1v) is 8.47. The van der Waals surface area contributed by atoms with Gasteiger partial charge >= 0.3 is 0 Å². The van der Waals surface area contributed by atoms with Gasteiger partial charge < -0.3 is 14.9 Å². The van der Waals surface area contributed by atoms with Crippen LogP contribution in [0.15, 0.2) is 60.7 Å². The third-order valence-electron chi connectivity index (χ3n) is 4.56. The molecule has 2 aromatic carbocycles. The molecule has 0 saturated carbocycles. The molecule has 1 aliphatic heterocycles. The molecule has 2 N–H and O–H groups in total. The van der Waals surface area contributed by atoms with Crippen molar-refractivity contribution in [3.05, 3.63) is 71.8 Å². The number of benzene rings is 2. The largest absolute Gasteiger partial charge is 0.386 e. The first-order chi connectivity index (χ1) is 11.6. The maximum Gasteiger partial charge on any atom is 0.182 e. The summed E-state index contributed by atoms with van der Waals surface area (Å²) in [5.74, 6) is 0. The predicted octanol–water partition coefficient (Wildman–Crippen LogP) is 2.55. The van der Waals surface area contributed by atoms with E-state index in [1.54, 1.807) is 0 Å². The van der Waals surface area contributed by atoms with Crippen LogP contribution in [0, 0.1) is 0 Å². The van der Waals surface area contributed by atoms with E-state index < -0.39 is 12.4 Å². The van der Waals surface area contributed by atoms with E-state index >= 15 is 0 Å². The van der Waals surface area contributed by atoms with Crippen LogP contribution in [0.5, 0.6) is 0 Å². The quantitative estimate of drug-likeness (QED) is 0.886. The van der Waals surface area contributed by atoms with Crippen LogP contribution in [0.4, 0.5) is 0 Å². The Labute approximate surface area is 143 Å². The summed E-state index contributed by atoms with van der Waals surface area (Å²) in [5.41, 5.74) is 2.38. The first-order valence-electron chi connectivity index (χ1n) is 8.47. The van der Waals surface area contributed by atoms with Crippen molar-refractivity contribution in [2.24, 2.45) is 0 Å². The Morgan fingerprint density at radius 2 is 1.42 bits per heavy atom. The van der Waals surface area contributed by atoms with E-state index in [0.717, 1.165) is 13.1 Å². The van der Waals surface area contributed by atoms with Crippen molar-refractivity contribution in [1.29, 1.82) is 0 Å². The van der Waals surface area contributed by atoms with E-state index in [4.69, 9.17) is 4.74 Å². The molecule has 0 bridgehead atoms. The molecule has 0 aliphatic carbocycles. The molecule has 4 heteroatoms. The van der Waals surface area contributed by atoms with Crippen LogP contribution in [-0.4, -0.2) is 39.7 Å². The molecule has 4 atom stereocenters. The molecule has 2 aromatic rings. The monoisotopic (exact) mass is 327 g/mol. The molecule has 1 saturated heterocycles. The lowest BCUT2D eigenvalue weighted by Crippen LogP contribution is -2.54. The van der Waals surface area contributed by atoms with Gasteiger partial charge in [-0.05, 0) is 24.5 Å². The second-order valence-electron chi connectivity index (χ2n) is 6.51. The van der Waals surface area contributed by atoms with Gasteiger partial charge in [-0.2, -0.15) is 0 Å². The van der Waals surface area contributed by atoms with Gasteiger partial charge in [-0.3, -0.25) is 4.90 Å². The molecule has 0 spiro atoms. The minimum absolute atomic E-state index is 0.0811. The first kappa shape index (κ1) is 17.1. The molecule has 24 heavy (non-hydrogen) atoms. The zero-order valence-electron chi connectivity index (χ0n) is 14.0. The zero-order chi connectivity index (χ0) is 16.9. The van der Waals surface area contributed by atoms with Gasteiger partial charge in [0.25, 0.3) is 0 Å². The Morgan fingerprint density at radius 3 is 1.92 bits per heavy atom. The highest BCUT2D eigenvalue weighted by Crippen LogP contribution is 2.26. The molecule has 1 fully saturated rings. The third kappa shape index (κ3) is 4.22. The molecule has 128 valence electrons. The van der Waals surface area contributed by atoms with Crippen molar-refractivity contribution < 1.29 is 14.9 Å². The predicted molar refractivity (Wildman–Crippen MR) is 93.1 cm³/mol. The average molecular weight is 327 g/mol. The van der Waals surface area contributed by atoms with Crippen molar-refractivity contribution in [3.63, 3.8) is 0 Å². The second-order valence-corrected chi connectivity index (χ2v) is 6.51. The fourth-order valence-electron chi connectivity index (χ4n) is 3.33. The SMILES string of the molecule is C[C@@H]1CC(N(Cc2ccccc2)Cc2ccccc2)C(O)[C@@H](O)O1. The molecule has 1 aliphatic rings. The van der Waals surface area contributed by atoms with Gasteiger partial charge in [0.2, 0.25) is 0 Å². The van der Waals surface area contributed by atoms with Gasteiger partial charge in [-0.25, -0.2) is 0 Å². The van der Waals surface area contributed by atoms with Crippen LogP contribution in [0.1, 0.15) is 24.5 Å². The molecule has 0 aromatic heterocycles. The summed E-state index contributed by atoms with van der Waals surface area (Å²) in [5, 5.41) is 20.5. The average Bonchev–Trinajstić information content (AvgIpc) is 2.59. The topological polar surface area (TPSA) is 52.9 Å². The van der Waals surface area contributed by atoms with Gasteiger partial charge in [0.15, 0.2) is 6.29 Å². The lowest BCUT2D eigenvalue weighted by molar-refractivity contribution is -0.234. The molecule has 3 rings (SSSR count). The third-order valence-corrected chi connectivity index (χ3v) is 4.56. The van der Waals surface area contributed by atoms with Gasteiger partial charge in [-0.1, -0.05) is 60.7 Å². The van der Waals surface area contributed by atoms with E-state index in [-0.39, 0.29) is 12.1 Å². The van der Waals surface area contributed by atoms with Crippen LogP contribution in [0.2, 0.25) is 0 Å². The van der Waals surface area contributed by atoms with Gasteiger partial charge in [-0.15, -0.1) is 0 Å². The Kier molecular flexibility index (Phi) is 5.63. The van der Waals surface area contributed by atoms with E-state index in [1.807, 2.05) is 43.3 Å². The summed E-state index contributed by atoms with van der Waals surface area (Å²) in [6.07, 6.45) is -1.43. The molecule has 0 radical (unpaired) electrons. The van der Waals surface area contributed by atoms with E-state index in [1.165, 1.54) is 11.1 Å². The minimum atomic E-state index is -1.13. The number of rotatable bonds is 5. The highest BCUT2D eigenvalue weighted by molar-refractivity contribution is 5.17. The van der Waals surface area contributed by atoms with Gasteiger partial charge in [0.05, 0.1) is 6.10 Å². The molecular weight excluding hydrogens is 302 g/mol. The van der Waals surface area contributed by atoms with Gasteiger partial charge in [0, 0.05) is 19.1 Å². The van der Waals surface area contributed by atoms with Crippen LogP contribution in [0.25, 0.3) is 0 Å². The van der Waals surface area contributed by atoms with E-state index in [9.17, 15) is 10.2 Å². The van der Waals surface area contributed by atoms with Crippen molar-refractivity contribution in [2.45, 2.75) is 51.0 Å². The second kappa shape index (κ2) is 7.90. The Balaban J connectivity index is 1.83. The standard InChI is InChI=1S/C20H25NO3/c1-15-12-18(19(22)20(23)24-15)21(13-16-8-4-2-5-9-16)14-17-10-6-3-7-11-17/h2-11,15,18-20,22-23H,12-14H2,1H3/t15-,18?,19?,20+/m1/s1. The Hall–Kier alpha value is -1.72. The van der Waals surface area contributed by atoms with Gasteiger partial charge in [0.1, 0.15) is 6.10 Å². The maximum absolute atomic E-state index is 10.5. The number of ether oxygens (including phenoxy) is 1. The summed E-state index contributed by atoms with van der Waals surface area (Å²) < 4.78 is 5.36. The number of aliphatic hydroxyl groups is 2. The zero-order valence-corrected chi connectivity index (χ0v) is 14.0. The maximum atomic E-state index is 10.5. The van der Waals surface area contributed by atoms with E-state index in [0.29, 0.717) is 6.42 Å². The summed E-state index contributed by atoms with van der Waals surface area (Å²) in [6.45, 7) is 3.37. The smallest absolute Gasteiger partial charge is 0.182 e. The fourth-order valence-corrected chi connectivity index (χ4v) is 3.33. The number of hydrogen-bond acceptors (Lipinski definition) is 4. The fraction of sp³-hybridized carbons (Fsp3) is 0.400. The van der Waals surface area contributed by atoms with E-state index in [2.05, 4.69) is 29.2 Å². The normalized spacial score (nSPS) is 27.3. The van der Waals surface area contributed by atoms with Crippen LogP contribution in [0.3, 0.4) is 0 Å². The molecule has 4 nitrogen and oxygen atoms in total. The van der Waals surface area contributed by atoms with Crippen LogP contribution < -0.4 is 0 Å². The summed E-state index contributed by atoms with van der Waals surface area (Å²) >= 11 is 0. The summed E-state index contributed by atoms with van der Waals surface area (Å²) in [6, 6.07) is 20.3. The molecule has 1 heterocycles. The van der Waals surface area contributed by atoms with Crippen LogP contribution >= 0.6 is 0 Å². The molecule has 2 unspecified atom stereocenters. The Morgan fingerprint density at radius 1 is 0.917 bits per heavy atom. The van der Waals surface area contributed by atoms with Crippen molar-refractivity contribution in [2.75, 3.05) is 0 Å². The number of hydrogen-bond donors (Lipinski definition) is 2. The lowest BCUT2D eigenvalue weighted by atomic mass is 9.97. The minimum Gasteiger partial charge on any atom is -0.386 e. The summed E-state index contributed by atoms with van der Waals surface area (Å²) in [4.78, 5) is 2.23. The lowest BCUT2D eigenvalue weighted by Gasteiger charge is -2.42. The van der Waals surface area contributed by atoms with Crippen molar-refractivity contribution in [1.82, 2.24) is 4.90 Å². The molecular formula is C20H25NO3. The van der Waals surface area contributed by atoms with Crippen molar-refractivity contribution >= 4 is 0 Å². The van der Waals surface area contributed by atoms with Crippen LogP contribution in [-0.2, 0) is 17.8 Å². The highest BCUT2D eigenvalue weighted by atomic mass is 16.6. The highest BCUT2D eigenvalue weighted by Gasteiger charge is 2.38. The number of nitrogens with zero attached hydrogens (tertiary/aromatic N) is 1. The number of aliphatic hydroxyl groups excluding tert-OH is 2. The Bertz CT molecular complexity index is 578. The summed E-state index contributed by atoms with van der Waals surface area (Å²) in [7, 11) is 0. The molecule has 0 amide bonds. The van der Waals surface area contributed by atoms with Crippen molar-refractivity contribution in [3.8, 4) is 0 Å².